The number of carbonyl (C=O) groups excluding carboxylic acids is 2. The van der Waals surface area contributed by atoms with Crippen LogP contribution in [0.2, 0.25) is 0 Å². The highest BCUT2D eigenvalue weighted by Crippen LogP contribution is 2.35. The molecule has 2 aliphatic rings. The molecule has 0 bridgehead atoms. The number of anilines is 2. The number of fused-ring (bicyclic) bond motifs is 1. The van der Waals surface area contributed by atoms with Gasteiger partial charge in [0.15, 0.2) is 5.13 Å². The number of pyridine rings is 1. The maximum Gasteiger partial charge on any atom is 0.236 e. The van der Waals surface area contributed by atoms with E-state index in [9.17, 15) is 14.0 Å². The Kier molecular flexibility index (Phi) is 8.45. The van der Waals surface area contributed by atoms with Crippen molar-refractivity contribution in [2.45, 2.75) is 51.5 Å². The monoisotopic (exact) mass is 603 g/mol. The minimum Gasteiger partial charge on any atom is -0.352 e. The van der Waals surface area contributed by atoms with Crippen LogP contribution in [0.3, 0.4) is 0 Å². The number of nitrogens with one attached hydrogen (secondary N) is 1. The van der Waals surface area contributed by atoms with Crippen molar-refractivity contribution in [3.8, 4) is 11.3 Å². The first-order valence-corrected chi connectivity index (χ1v) is 15.9. The number of amides is 2. The van der Waals surface area contributed by atoms with E-state index in [1.807, 2.05) is 17.3 Å². The largest absolute Gasteiger partial charge is 0.352 e. The number of piperidine rings is 1. The average molecular weight is 604 g/mol. The maximum atomic E-state index is 13.4. The molecule has 3 aromatic heterocycles. The number of rotatable bonds is 8. The van der Waals surface area contributed by atoms with Crippen molar-refractivity contribution < 1.29 is 14.0 Å². The number of halogens is 1. The van der Waals surface area contributed by atoms with Crippen molar-refractivity contribution in [3.63, 3.8) is 0 Å². The number of carbonyl (C=O) groups is 2. The highest BCUT2D eigenvalue weighted by atomic mass is 32.1. The third kappa shape index (κ3) is 6.28. The smallest absolute Gasteiger partial charge is 0.236 e. The number of imidazole rings is 1. The zero-order chi connectivity index (χ0) is 30.1. The molecule has 1 atom stereocenters. The number of aryl methyl sites for hydroxylation is 1. The molecule has 2 amide bonds. The molecule has 1 N–H and O–H groups in total. The van der Waals surface area contributed by atoms with Crippen molar-refractivity contribution in [1.82, 2.24) is 29.5 Å². The van der Waals surface area contributed by atoms with Gasteiger partial charge >= 0.3 is 0 Å². The molecule has 4 aromatic rings. The Morgan fingerprint density at radius 1 is 1.07 bits per heavy atom. The lowest BCUT2D eigenvalue weighted by molar-refractivity contribution is -0.132. The van der Waals surface area contributed by atoms with E-state index in [2.05, 4.69) is 44.8 Å². The first kappa shape index (κ1) is 29.3. The van der Waals surface area contributed by atoms with Gasteiger partial charge in [-0.15, -0.1) is 11.3 Å². The van der Waals surface area contributed by atoms with Crippen molar-refractivity contribution in [1.29, 1.82) is 0 Å². The highest BCUT2D eigenvalue weighted by molar-refractivity contribution is 7.14. The Labute approximate surface area is 255 Å². The zero-order valence-corrected chi connectivity index (χ0v) is 25.7. The molecule has 2 aliphatic heterocycles. The van der Waals surface area contributed by atoms with E-state index < -0.39 is 0 Å². The molecule has 1 unspecified atom stereocenters. The number of thiazole rings is 1. The Morgan fingerprint density at radius 3 is 2.56 bits per heavy atom. The molecule has 226 valence electrons. The minimum absolute atomic E-state index is 0.0425. The van der Waals surface area contributed by atoms with Crippen molar-refractivity contribution >= 4 is 39.7 Å². The van der Waals surface area contributed by atoms with Gasteiger partial charge in [0.2, 0.25) is 11.8 Å². The molecule has 0 aliphatic carbocycles. The van der Waals surface area contributed by atoms with Crippen LogP contribution in [0.15, 0.2) is 48.0 Å². The molecule has 5 heterocycles. The predicted molar refractivity (Wildman–Crippen MR) is 167 cm³/mol. The summed E-state index contributed by atoms with van der Waals surface area (Å²) in [6.07, 6.45) is 5.81. The lowest BCUT2D eigenvalue weighted by atomic mass is 9.90. The van der Waals surface area contributed by atoms with E-state index in [4.69, 9.17) is 9.97 Å². The van der Waals surface area contributed by atoms with E-state index in [1.54, 1.807) is 23.5 Å². The zero-order valence-electron chi connectivity index (χ0n) is 24.9. The average Bonchev–Trinajstić information content (AvgIpc) is 3.76. The van der Waals surface area contributed by atoms with Gasteiger partial charge in [-0.3, -0.25) is 18.9 Å². The van der Waals surface area contributed by atoms with Crippen LogP contribution in [-0.4, -0.2) is 81.8 Å². The maximum absolute atomic E-state index is 13.4. The summed E-state index contributed by atoms with van der Waals surface area (Å²) >= 11 is 1.56. The summed E-state index contributed by atoms with van der Waals surface area (Å²) in [4.78, 5) is 40.3. The van der Waals surface area contributed by atoms with E-state index in [0.29, 0.717) is 25.6 Å². The number of hydrogen-bond acceptors (Lipinski definition) is 7. The van der Waals surface area contributed by atoms with Crippen molar-refractivity contribution in [2.75, 3.05) is 44.7 Å². The fourth-order valence-electron chi connectivity index (χ4n) is 6.30. The lowest BCUT2D eigenvalue weighted by Gasteiger charge is -2.32. The molecule has 9 nitrogen and oxygen atoms in total. The molecule has 6 rings (SSSR count). The third-order valence-corrected chi connectivity index (χ3v) is 9.54. The van der Waals surface area contributed by atoms with Crippen LogP contribution in [-0.2, 0) is 16.0 Å². The summed E-state index contributed by atoms with van der Waals surface area (Å²) in [5.74, 6) is 1.26. The van der Waals surface area contributed by atoms with Gasteiger partial charge in [-0.1, -0.05) is 13.0 Å². The molecule has 1 aromatic carbocycles. The molecule has 0 spiro atoms. The van der Waals surface area contributed by atoms with Gasteiger partial charge < -0.3 is 15.1 Å². The summed E-state index contributed by atoms with van der Waals surface area (Å²) < 4.78 is 15.6. The fourth-order valence-corrected chi connectivity index (χ4v) is 7.10. The topological polar surface area (TPSA) is 86.1 Å². The second kappa shape index (κ2) is 12.4. The second-order valence-electron chi connectivity index (χ2n) is 11.6. The lowest BCUT2D eigenvalue weighted by Crippen LogP contribution is -2.43. The number of benzene rings is 1. The summed E-state index contributed by atoms with van der Waals surface area (Å²) in [7, 11) is 2.02. The number of hydrogen-bond donors (Lipinski definition) is 1. The van der Waals surface area contributed by atoms with Crippen LogP contribution in [0.25, 0.3) is 16.9 Å². The van der Waals surface area contributed by atoms with Crippen LogP contribution < -0.4 is 10.2 Å². The molecule has 2 fully saturated rings. The number of aromatic nitrogens is 3. The first-order chi connectivity index (χ1) is 20.8. The molecule has 0 saturated carbocycles. The Balaban J connectivity index is 1.14. The van der Waals surface area contributed by atoms with Crippen LogP contribution in [0.1, 0.15) is 50.3 Å². The summed E-state index contributed by atoms with van der Waals surface area (Å²) in [5.41, 5.74) is 4.90. The van der Waals surface area contributed by atoms with Gasteiger partial charge in [0, 0.05) is 50.2 Å². The van der Waals surface area contributed by atoms with Gasteiger partial charge in [0.25, 0.3) is 0 Å². The van der Waals surface area contributed by atoms with Gasteiger partial charge in [0.05, 0.1) is 17.9 Å². The quantitative estimate of drug-likeness (QED) is 0.310. The van der Waals surface area contributed by atoms with Gasteiger partial charge in [-0.05, 0) is 80.6 Å². The van der Waals surface area contributed by atoms with Crippen LogP contribution in [0.5, 0.6) is 0 Å². The van der Waals surface area contributed by atoms with E-state index in [0.717, 1.165) is 72.3 Å². The van der Waals surface area contributed by atoms with E-state index in [-0.39, 0.29) is 23.7 Å². The number of nitrogens with zero attached hydrogens (tertiary/aromatic N) is 6. The molecule has 0 radical (unpaired) electrons. The van der Waals surface area contributed by atoms with Gasteiger partial charge in [0.1, 0.15) is 17.3 Å². The highest BCUT2D eigenvalue weighted by Gasteiger charge is 2.29. The third-order valence-electron chi connectivity index (χ3n) is 8.62. The fraction of sp³-hybridized carbons (Fsp3) is 0.438. The molecule has 11 heteroatoms. The standard InChI is InChI=1S/C32H38FN7O2S/c1-4-27-31(37(3)32-36-28(20-43-32)23-5-8-25(33)9-6-23)40-17-24(7-10-29(40)35-27)22-11-14-38(15-12-22)19-30(42)39-16-13-26(18-39)34-21(2)41/h5-10,17,20,22,26H,4,11-16,18-19H2,1-3H3,(H,34,41). The van der Waals surface area contributed by atoms with Crippen LogP contribution in [0.4, 0.5) is 15.3 Å². The second-order valence-corrected chi connectivity index (χ2v) is 12.4. The van der Waals surface area contributed by atoms with E-state index in [1.165, 1.54) is 24.6 Å². The van der Waals surface area contributed by atoms with Crippen molar-refractivity contribution in [2.24, 2.45) is 0 Å². The Bertz CT molecular complexity index is 1610. The summed E-state index contributed by atoms with van der Waals surface area (Å²) in [6.45, 7) is 7.13. The molecule has 43 heavy (non-hydrogen) atoms. The first-order valence-electron chi connectivity index (χ1n) is 15.0. The minimum atomic E-state index is -0.260. The Hall–Kier alpha value is -3.83. The summed E-state index contributed by atoms with van der Waals surface area (Å²) in [5, 5.41) is 5.78. The SMILES string of the molecule is CCc1nc2ccc(C3CCN(CC(=O)N4CCC(NC(C)=O)C4)CC3)cn2c1N(C)c1nc(-c2ccc(F)cc2)cs1. The van der Waals surface area contributed by atoms with Crippen molar-refractivity contribution in [3.05, 3.63) is 65.0 Å². The predicted octanol–water partition coefficient (Wildman–Crippen LogP) is 4.84. The van der Waals surface area contributed by atoms with Gasteiger partial charge in [-0.2, -0.15) is 0 Å². The molecule has 2 saturated heterocycles. The van der Waals surface area contributed by atoms with Crippen LogP contribution >= 0.6 is 11.3 Å². The molecular formula is C32H38FN7O2S. The normalized spacial score (nSPS) is 18.0. The molecular weight excluding hydrogens is 565 g/mol. The van der Waals surface area contributed by atoms with Crippen LogP contribution in [0, 0.1) is 5.82 Å². The number of likely N-dealkylation sites (tertiary alicyclic amines) is 2. The van der Waals surface area contributed by atoms with Gasteiger partial charge in [-0.25, -0.2) is 14.4 Å². The van der Waals surface area contributed by atoms with E-state index >= 15 is 0 Å². The Morgan fingerprint density at radius 2 is 1.84 bits per heavy atom. The summed E-state index contributed by atoms with van der Waals surface area (Å²) in [6, 6.07) is 10.8.